The van der Waals surface area contributed by atoms with E-state index in [1.807, 2.05) is 0 Å². The third kappa shape index (κ3) is 3.71. The zero-order chi connectivity index (χ0) is 14.5. The second kappa shape index (κ2) is 6.39. The Bertz CT molecular complexity index is 649. The molecule has 2 rings (SSSR count). The van der Waals surface area contributed by atoms with Crippen LogP contribution in [0.4, 0.5) is 9.52 Å². The van der Waals surface area contributed by atoms with Gasteiger partial charge in [-0.25, -0.2) is 4.98 Å². The average molecular weight is 314 g/mol. The minimum absolute atomic E-state index is 0.153. The van der Waals surface area contributed by atoms with Gasteiger partial charge in [-0.05, 0) is 12.1 Å². The molecule has 0 radical (unpaired) electrons. The smallest absolute Gasteiger partial charge is 0.313 e. The highest BCUT2D eigenvalue weighted by Crippen LogP contribution is 2.25. The number of thioether (sulfide) groups is 1. The van der Waals surface area contributed by atoms with Gasteiger partial charge >= 0.3 is 5.97 Å². The summed E-state index contributed by atoms with van der Waals surface area (Å²) in [4.78, 5) is 25.5. The Hall–Kier alpha value is -2.07. The van der Waals surface area contributed by atoms with Gasteiger partial charge in [-0.15, -0.1) is 10.2 Å². The number of aliphatic carboxylic acids is 1. The largest absolute Gasteiger partial charge is 0.481 e. The number of carbonyl (C=O) groups is 2. The molecular weight excluding hydrogens is 307 g/mol. The summed E-state index contributed by atoms with van der Waals surface area (Å²) in [5.74, 6) is -2.70. The van der Waals surface area contributed by atoms with Crippen molar-refractivity contribution >= 4 is 40.1 Å². The fraction of sp³-hybridized carbons (Fsp3) is 0.100. The van der Waals surface area contributed by atoms with Crippen LogP contribution < -0.4 is 5.32 Å². The number of carbonyl (C=O) groups excluding carboxylic acids is 1. The first-order chi connectivity index (χ1) is 9.56. The first-order valence-corrected chi connectivity index (χ1v) is 6.96. The maximum absolute atomic E-state index is 13.3. The van der Waals surface area contributed by atoms with Crippen molar-refractivity contribution < 1.29 is 19.1 Å². The van der Waals surface area contributed by atoms with E-state index in [4.69, 9.17) is 5.11 Å². The Morgan fingerprint density at radius 1 is 1.45 bits per heavy atom. The van der Waals surface area contributed by atoms with Crippen molar-refractivity contribution in [1.82, 2.24) is 15.2 Å². The monoisotopic (exact) mass is 314 g/mol. The molecule has 0 aliphatic heterocycles. The highest BCUT2D eigenvalue weighted by Gasteiger charge is 2.15. The molecule has 0 aliphatic carbocycles. The van der Waals surface area contributed by atoms with Gasteiger partial charge in [-0.1, -0.05) is 23.1 Å². The molecule has 20 heavy (non-hydrogen) atoms. The van der Waals surface area contributed by atoms with E-state index in [1.54, 1.807) is 0 Å². The Morgan fingerprint density at radius 2 is 2.25 bits per heavy atom. The van der Waals surface area contributed by atoms with Crippen LogP contribution in [0.15, 0.2) is 22.7 Å². The number of hydrogen-bond donors (Lipinski definition) is 2. The van der Waals surface area contributed by atoms with E-state index in [9.17, 15) is 14.0 Å². The lowest BCUT2D eigenvalue weighted by molar-refractivity contribution is -0.133. The third-order valence-electron chi connectivity index (χ3n) is 1.95. The molecule has 2 N–H and O–H groups in total. The van der Waals surface area contributed by atoms with E-state index in [0.717, 1.165) is 23.1 Å². The van der Waals surface area contributed by atoms with Crippen LogP contribution in [0.5, 0.6) is 0 Å². The lowest BCUT2D eigenvalue weighted by Gasteiger charge is -2.00. The average Bonchev–Trinajstić information content (AvgIpc) is 2.84. The van der Waals surface area contributed by atoms with Gasteiger partial charge in [0.25, 0.3) is 5.91 Å². The van der Waals surface area contributed by atoms with Gasteiger partial charge in [0.2, 0.25) is 11.1 Å². The Labute approximate surface area is 120 Å². The van der Waals surface area contributed by atoms with Crippen molar-refractivity contribution in [3.05, 3.63) is 29.8 Å². The summed E-state index contributed by atoms with van der Waals surface area (Å²) in [6, 6.07) is 2.73. The van der Waals surface area contributed by atoms with Crippen LogP contribution in [-0.4, -0.2) is 37.9 Å². The molecule has 0 bridgehead atoms. The van der Waals surface area contributed by atoms with Gasteiger partial charge in [0, 0.05) is 6.20 Å². The number of pyridine rings is 1. The zero-order valence-corrected chi connectivity index (χ0v) is 11.4. The van der Waals surface area contributed by atoms with Gasteiger partial charge in [-0.3, -0.25) is 14.9 Å². The van der Waals surface area contributed by atoms with Crippen molar-refractivity contribution in [1.29, 1.82) is 0 Å². The van der Waals surface area contributed by atoms with Crippen LogP contribution in [0.1, 0.15) is 10.4 Å². The first-order valence-electron chi connectivity index (χ1n) is 5.16. The second-order valence-electron chi connectivity index (χ2n) is 3.35. The van der Waals surface area contributed by atoms with Gasteiger partial charge in [-0.2, -0.15) is 4.39 Å². The van der Waals surface area contributed by atoms with Gasteiger partial charge in [0.1, 0.15) is 0 Å². The fourth-order valence-electron chi connectivity index (χ4n) is 1.16. The van der Waals surface area contributed by atoms with Crippen molar-refractivity contribution in [3.63, 3.8) is 0 Å². The summed E-state index contributed by atoms with van der Waals surface area (Å²) >= 11 is 1.99. The number of nitrogens with zero attached hydrogens (tertiary/aromatic N) is 3. The number of carboxylic acids is 1. The normalized spacial score (nSPS) is 10.2. The molecule has 0 saturated carbocycles. The number of anilines is 1. The Balaban J connectivity index is 2.02. The Morgan fingerprint density at radius 3 is 2.95 bits per heavy atom. The Kier molecular flexibility index (Phi) is 4.58. The van der Waals surface area contributed by atoms with Crippen LogP contribution in [0.25, 0.3) is 0 Å². The molecular formula is C10H7FN4O3S2. The van der Waals surface area contributed by atoms with Crippen LogP contribution in [0.3, 0.4) is 0 Å². The molecule has 0 atom stereocenters. The summed E-state index contributed by atoms with van der Waals surface area (Å²) < 4.78 is 13.7. The lowest BCUT2D eigenvalue weighted by atomic mass is 10.2. The van der Waals surface area contributed by atoms with E-state index in [1.165, 1.54) is 18.3 Å². The van der Waals surface area contributed by atoms with Crippen LogP contribution >= 0.6 is 23.1 Å². The summed E-state index contributed by atoms with van der Waals surface area (Å²) in [6.45, 7) is 0. The topological polar surface area (TPSA) is 105 Å². The zero-order valence-electron chi connectivity index (χ0n) is 9.74. The maximum Gasteiger partial charge on any atom is 0.313 e. The van der Waals surface area contributed by atoms with E-state index >= 15 is 0 Å². The molecule has 0 fully saturated rings. The summed E-state index contributed by atoms with van der Waals surface area (Å²) in [5.41, 5.74) is -0.206. The number of hydrogen-bond acceptors (Lipinski definition) is 7. The van der Waals surface area contributed by atoms with E-state index in [2.05, 4.69) is 20.5 Å². The first kappa shape index (κ1) is 14.3. The highest BCUT2D eigenvalue weighted by molar-refractivity contribution is 8.01. The van der Waals surface area contributed by atoms with Crippen LogP contribution in [0, 0.1) is 5.95 Å². The molecule has 2 heterocycles. The van der Waals surface area contributed by atoms with Crippen molar-refractivity contribution in [2.24, 2.45) is 0 Å². The van der Waals surface area contributed by atoms with Crippen molar-refractivity contribution in [2.75, 3.05) is 11.1 Å². The molecule has 2 aromatic heterocycles. The second-order valence-corrected chi connectivity index (χ2v) is 5.55. The molecule has 0 aliphatic rings. The van der Waals surface area contributed by atoms with Crippen molar-refractivity contribution in [3.8, 4) is 0 Å². The number of halogens is 1. The highest BCUT2D eigenvalue weighted by atomic mass is 32.2. The number of carboxylic acid groups (broad SMARTS) is 1. The minimum atomic E-state index is -0.979. The number of nitrogens with one attached hydrogen (secondary N) is 1. The predicted octanol–water partition coefficient (Wildman–Crippen LogP) is 1.50. The molecule has 0 spiro atoms. The molecule has 0 unspecified atom stereocenters. The van der Waals surface area contributed by atoms with Crippen LogP contribution in [0.2, 0.25) is 0 Å². The number of aromatic nitrogens is 3. The minimum Gasteiger partial charge on any atom is -0.481 e. The molecule has 0 saturated heterocycles. The van der Waals surface area contributed by atoms with Gasteiger partial charge in [0.05, 0.1) is 11.3 Å². The van der Waals surface area contributed by atoms with Crippen LogP contribution in [-0.2, 0) is 4.79 Å². The van der Waals surface area contributed by atoms with E-state index in [-0.39, 0.29) is 16.4 Å². The molecule has 104 valence electrons. The quantitative estimate of drug-likeness (QED) is 0.489. The molecule has 0 aromatic carbocycles. The van der Waals surface area contributed by atoms with Gasteiger partial charge < -0.3 is 5.11 Å². The predicted molar refractivity (Wildman–Crippen MR) is 70.4 cm³/mol. The number of rotatable bonds is 5. The molecule has 1 amide bonds. The molecule has 7 nitrogen and oxygen atoms in total. The van der Waals surface area contributed by atoms with E-state index in [0.29, 0.717) is 4.34 Å². The van der Waals surface area contributed by atoms with E-state index < -0.39 is 17.8 Å². The lowest BCUT2D eigenvalue weighted by Crippen LogP contribution is -2.14. The van der Waals surface area contributed by atoms with Gasteiger partial charge in [0.15, 0.2) is 4.34 Å². The third-order valence-corrected chi connectivity index (χ3v) is 3.91. The number of amides is 1. The maximum atomic E-state index is 13.3. The molecule has 2 aromatic rings. The summed E-state index contributed by atoms with van der Waals surface area (Å²) in [5, 5.41) is 18.4. The summed E-state index contributed by atoms with van der Waals surface area (Å²) in [7, 11) is 0. The summed E-state index contributed by atoms with van der Waals surface area (Å²) in [6.07, 6.45) is 1.23. The molecule has 10 heteroatoms. The fourth-order valence-corrected chi connectivity index (χ4v) is 2.63. The SMILES string of the molecule is O=C(O)CSc1nnc(NC(=O)c2cccnc2F)s1. The standard InChI is InChI=1S/C10H7FN4O3S2/c11-7-5(2-1-3-12-7)8(18)13-9-14-15-10(20-9)19-4-6(16)17/h1-3H,4H2,(H,16,17)(H,13,14,18). The van der Waals surface area contributed by atoms with Crippen molar-refractivity contribution in [2.45, 2.75) is 4.34 Å².